The SMILES string of the molecule is CCCC(Oc1c(Br)cccc1CNC)C(=O)OCC. The van der Waals surface area contributed by atoms with Crippen molar-refractivity contribution in [2.24, 2.45) is 0 Å². The summed E-state index contributed by atoms with van der Waals surface area (Å²) in [6, 6.07) is 5.83. The number of nitrogens with one attached hydrogen (secondary N) is 1. The first-order valence-corrected chi connectivity index (χ1v) is 7.68. The zero-order valence-electron chi connectivity index (χ0n) is 12.2. The second-order valence-corrected chi connectivity index (χ2v) is 5.26. The maximum atomic E-state index is 11.9. The van der Waals surface area contributed by atoms with Crippen molar-refractivity contribution in [3.05, 3.63) is 28.2 Å². The fourth-order valence-corrected chi connectivity index (χ4v) is 2.38. The van der Waals surface area contributed by atoms with Gasteiger partial charge in [0.1, 0.15) is 5.75 Å². The second kappa shape index (κ2) is 8.97. The lowest BCUT2D eigenvalue weighted by Gasteiger charge is -2.20. The maximum Gasteiger partial charge on any atom is 0.347 e. The Kier molecular flexibility index (Phi) is 7.62. The number of benzene rings is 1. The highest BCUT2D eigenvalue weighted by Crippen LogP contribution is 2.30. The van der Waals surface area contributed by atoms with E-state index in [1.165, 1.54) is 0 Å². The van der Waals surface area contributed by atoms with E-state index in [0.717, 1.165) is 16.5 Å². The number of carbonyl (C=O) groups is 1. The van der Waals surface area contributed by atoms with Crippen LogP contribution in [0.1, 0.15) is 32.3 Å². The van der Waals surface area contributed by atoms with Crippen LogP contribution in [0.5, 0.6) is 5.75 Å². The average molecular weight is 344 g/mol. The molecule has 20 heavy (non-hydrogen) atoms. The zero-order chi connectivity index (χ0) is 15.0. The maximum absolute atomic E-state index is 11.9. The van der Waals surface area contributed by atoms with Crippen LogP contribution in [-0.2, 0) is 16.1 Å². The highest BCUT2D eigenvalue weighted by Gasteiger charge is 2.23. The van der Waals surface area contributed by atoms with Crippen molar-refractivity contribution < 1.29 is 14.3 Å². The summed E-state index contributed by atoms with van der Waals surface area (Å²) in [6.07, 6.45) is 0.934. The normalized spacial score (nSPS) is 12.0. The van der Waals surface area contributed by atoms with Crippen molar-refractivity contribution in [1.29, 1.82) is 0 Å². The van der Waals surface area contributed by atoms with Crippen LogP contribution in [0.2, 0.25) is 0 Å². The van der Waals surface area contributed by atoms with Gasteiger partial charge in [-0.25, -0.2) is 4.79 Å². The Labute approximate surface area is 129 Å². The van der Waals surface area contributed by atoms with Gasteiger partial charge in [0, 0.05) is 12.1 Å². The van der Waals surface area contributed by atoms with Crippen molar-refractivity contribution in [2.75, 3.05) is 13.7 Å². The van der Waals surface area contributed by atoms with Gasteiger partial charge < -0.3 is 14.8 Å². The minimum atomic E-state index is -0.561. The van der Waals surface area contributed by atoms with Crippen LogP contribution in [0.4, 0.5) is 0 Å². The van der Waals surface area contributed by atoms with Crippen LogP contribution in [-0.4, -0.2) is 25.7 Å². The molecule has 1 rings (SSSR count). The molecule has 1 aromatic rings. The van der Waals surface area contributed by atoms with E-state index in [2.05, 4.69) is 21.2 Å². The number of hydrogen-bond acceptors (Lipinski definition) is 4. The van der Waals surface area contributed by atoms with E-state index in [-0.39, 0.29) is 5.97 Å². The van der Waals surface area contributed by atoms with Crippen LogP contribution in [0, 0.1) is 0 Å². The predicted molar refractivity (Wildman–Crippen MR) is 82.9 cm³/mol. The van der Waals surface area contributed by atoms with Crippen molar-refractivity contribution in [1.82, 2.24) is 5.32 Å². The van der Waals surface area contributed by atoms with Gasteiger partial charge in [-0.2, -0.15) is 0 Å². The van der Waals surface area contributed by atoms with Crippen LogP contribution < -0.4 is 10.1 Å². The molecule has 0 heterocycles. The first-order valence-electron chi connectivity index (χ1n) is 6.89. The van der Waals surface area contributed by atoms with Gasteiger partial charge in [0.2, 0.25) is 0 Å². The Morgan fingerprint density at radius 2 is 2.15 bits per heavy atom. The summed E-state index contributed by atoms with van der Waals surface area (Å²) in [5.74, 6) is 0.397. The summed E-state index contributed by atoms with van der Waals surface area (Å²) >= 11 is 3.48. The molecule has 1 N–H and O–H groups in total. The Bertz CT molecular complexity index is 437. The zero-order valence-corrected chi connectivity index (χ0v) is 13.8. The van der Waals surface area contributed by atoms with Gasteiger partial charge in [-0.05, 0) is 42.4 Å². The molecule has 4 nitrogen and oxygen atoms in total. The van der Waals surface area contributed by atoms with Gasteiger partial charge in [-0.1, -0.05) is 25.5 Å². The average Bonchev–Trinajstić information content (AvgIpc) is 2.42. The van der Waals surface area contributed by atoms with Gasteiger partial charge in [0.05, 0.1) is 11.1 Å². The Morgan fingerprint density at radius 3 is 2.75 bits per heavy atom. The first kappa shape index (κ1) is 17.0. The third-order valence-electron chi connectivity index (χ3n) is 2.78. The third kappa shape index (κ3) is 4.80. The van der Waals surface area contributed by atoms with Gasteiger partial charge in [0.15, 0.2) is 6.10 Å². The van der Waals surface area contributed by atoms with E-state index >= 15 is 0 Å². The fraction of sp³-hybridized carbons (Fsp3) is 0.533. The highest BCUT2D eigenvalue weighted by molar-refractivity contribution is 9.10. The van der Waals surface area contributed by atoms with Crippen molar-refractivity contribution in [3.63, 3.8) is 0 Å². The van der Waals surface area contributed by atoms with Crippen LogP contribution in [0.3, 0.4) is 0 Å². The van der Waals surface area contributed by atoms with E-state index in [4.69, 9.17) is 9.47 Å². The number of carbonyl (C=O) groups excluding carboxylic acids is 1. The molecule has 0 aliphatic rings. The smallest absolute Gasteiger partial charge is 0.347 e. The summed E-state index contributed by atoms with van der Waals surface area (Å²) in [7, 11) is 1.87. The number of ether oxygens (including phenoxy) is 2. The lowest BCUT2D eigenvalue weighted by molar-refractivity contribution is -0.151. The number of para-hydroxylation sites is 1. The minimum Gasteiger partial charge on any atom is -0.477 e. The van der Waals surface area contributed by atoms with Crippen molar-refractivity contribution in [3.8, 4) is 5.75 Å². The summed E-state index contributed by atoms with van der Waals surface area (Å²) < 4.78 is 11.8. The molecular formula is C15H22BrNO3. The second-order valence-electron chi connectivity index (χ2n) is 4.41. The minimum absolute atomic E-state index is 0.305. The first-order chi connectivity index (χ1) is 9.63. The molecule has 0 amide bonds. The van der Waals surface area contributed by atoms with Crippen molar-refractivity contribution >= 4 is 21.9 Å². The van der Waals surface area contributed by atoms with Gasteiger partial charge in [-0.3, -0.25) is 0 Å². The summed E-state index contributed by atoms with van der Waals surface area (Å²) in [5, 5.41) is 3.09. The van der Waals surface area contributed by atoms with Crippen LogP contribution in [0.15, 0.2) is 22.7 Å². The van der Waals surface area contributed by atoms with Gasteiger partial charge in [-0.15, -0.1) is 0 Å². The largest absolute Gasteiger partial charge is 0.477 e. The van der Waals surface area contributed by atoms with E-state index in [1.54, 1.807) is 6.92 Å². The molecule has 0 spiro atoms. The molecule has 112 valence electrons. The molecule has 0 radical (unpaired) electrons. The topological polar surface area (TPSA) is 47.6 Å². The van der Waals surface area contributed by atoms with E-state index in [0.29, 0.717) is 25.3 Å². The van der Waals surface area contributed by atoms with Crippen LogP contribution >= 0.6 is 15.9 Å². The number of rotatable bonds is 8. The molecule has 0 aliphatic heterocycles. The quantitative estimate of drug-likeness (QED) is 0.736. The summed E-state index contributed by atoms with van der Waals surface area (Å²) in [5.41, 5.74) is 1.01. The summed E-state index contributed by atoms with van der Waals surface area (Å²) in [4.78, 5) is 11.9. The molecule has 0 aliphatic carbocycles. The Balaban J connectivity index is 2.94. The molecule has 5 heteroatoms. The third-order valence-corrected chi connectivity index (χ3v) is 3.40. The molecule has 0 saturated carbocycles. The Morgan fingerprint density at radius 1 is 1.40 bits per heavy atom. The molecule has 1 unspecified atom stereocenters. The Hall–Kier alpha value is -1.07. The van der Waals surface area contributed by atoms with Crippen molar-refractivity contribution in [2.45, 2.75) is 39.3 Å². The standard InChI is InChI=1S/C15H22BrNO3/c1-4-7-13(15(18)19-5-2)20-14-11(10-17-3)8-6-9-12(14)16/h6,8-9,13,17H,4-5,7,10H2,1-3H3. The molecule has 0 fully saturated rings. The lowest BCUT2D eigenvalue weighted by atomic mass is 10.1. The number of halogens is 1. The van der Waals surface area contributed by atoms with Crippen LogP contribution in [0.25, 0.3) is 0 Å². The lowest BCUT2D eigenvalue weighted by Crippen LogP contribution is -2.30. The molecule has 1 atom stereocenters. The number of hydrogen-bond donors (Lipinski definition) is 1. The molecule has 0 bridgehead atoms. The van der Waals surface area contributed by atoms with E-state index in [9.17, 15) is 4.79 Å². The molecule has 1 aromatic carbocycles. The highest BCUT2D eigenvalue weighted by atomic mass is 79.9. The molecular weight excluding hydrogens is 322 g/mol. The van der Waals surface area contributed by atoms with Gasteiger partial charge >= 0.3 is 5.97 Å². The molecule has 0 aromatic heterocycles. The molecule has 0 saturated heterocycles. The number of esters is 1. The monoisotopic (exact) mass is 343 g/mol. The summed E-state index contributed by atoms with van der Waals surface area (Å²) in [6.45, 7) is 4.86. The van der Waals surface area contributed by atoms with E-state index < -0.39 is 6.10 Å². The van der Waals surface area contributed by atoms with E-state index in [1.807, 2.05) is 32.2 Å². The predicted octanol–water partition coefficient (Wildman–Crippen LogP) is 3.28. The fourth-order valence-electron chi connectivity index (χ4n) is 1.88. The van der Waals surface area contributed by atoms with Gasteiger partial charge in [0.25, 0.3) is 0 Å².